The molecular formula is C14H14ClIN2O2. The van der Waals surface area contributed by atoms with E-state index in [2.05, 4.69) is 0 Å². The molecule has 0 atom stereocenters. The lowest BCUT2D eigenvalue weighted by atomic mass is 10.2. The number of hydrogen-bond donors (Lipinski definition) is 0. The maximum absolute atomic E-state index is 12.3. The maximum Gasteiger partial charge on any atom is 0.331 e. The van der Waals surface area contributed by atoms with Crippen molar-refractivity contribution in [3.63, 3.8) is 0 Å². The number of benzene rings is 1. The summed E-state index contributed by atoms with van der Waals surface area (Å²) in [6, 6.07) is 7.14. The smallest absolute Gasteiger partial charge is 0.299 e. The van der Waals surface area contributed by atoms with E-state index in [-0.39, 0.29) is 17.8 Å². The van der Waals surface area contributed by atoms with Crippen molar-refractivity contribution in [2.24, 2.45) is 0 Å². The topological polar surface area (TPSA) is 44.0 Å². The average molecular weight is 405 g/mol. The lowest BCUT2D eigenvalue weighted by Gasteiger charge is -2.10. The molecule has 106 valence electrons. The van der Waals surface area contributed by atoms with Gasteiger partial charge < -0.3 is 0 Å². The van der Waals surface area contributed by atoms with Crippen LogP contribution in [0.3, 0.4) is 0 Å². The van der Waals surface area contributed by atoms with Crippen molar-refractivity contribution in [2.45, 2.75) is 26.4 Å². The van der Waals surface area contributed by atoms with Crippen LogP contribution in [-0.2, 0) is 13.1 Å². The van der Waals surface area contributed by atoms with Gasteiger partial charge in [-0.3, -0.25) is 13.9 Å². The molecule has 0 spiro atoms. The molecule has 6 heteroatoms. The summed E-state index contributed by atoms with van der Waals surface area (Å²) in [6.45, 7) is 2.86. The quantitative estimate of drug-likeness (QED) is 0.736. The van der Waals surface area contributed by atoms with Crippen LogP contribution in [-0.4, -0.2) is 9.13 Å². The summed E-state index contributed by atoms with van der Waals surface area (Å²) in [4.78, 5) is 24.4. The minimum atomic E-state index is -0.271. The van der Waals surface area contributed by atoms with E-state index in [1.807, 2.05) is 41.6 Å². The van der Waals surface area contributed by atoms with E-state index in [1.54, 1.807) is 22.9 Å². The van der Waals surface area contributed by atoms with E-state index in [0.717, 1.165) is 12.0 Å². The van der Waals surface area contributed by atoms with E-state index in [1.165, 1.54) is 4.57 Å². The van der Waals surface area contributed by atoms with Crippen LogP contribution in [0.4, 0.5) is 0 Å². The Hall–Kier alpha value is -1.08. The standard InChI is InChI=1S/C14H14ClIN2O2/c1-2-7-17-9-12(16)13(19)18(14(17)20)8-10-3-5-11(15)6-4-10/h3-6,9H,2,7-8H2,1H3. The van der Waals surface area contributed by atoms with Crippen LogP contribution in [0.25, 0.3) is 0 Å². The molecule has 0 fully saturated rings. The van der Waals surface area contributed by atoms with Gasteiger partial charge in [0.15, 0.2) is 0 Å². The predicted octanol–water partition coefficient (Wildman–Crippen LogP) is 2.73. The van der Waals surface area contributed by atoms with Crippen molar-refractivity contribution < 1.29 is 0 Å². The maximum atomic E-state index is 12.3. The van der Waals surface area contributed by atoms with Crippen LogP contribution >= 0.6 is 34.2 Å². The van der Waals surface area contributed by atoms with Gasteiger partial charge in [0.2, 0.25) is 0 Å². The summed E-state index contributed by atoms with van der Waals surface area (Å²) < 4.78 is 3.39. The first-order chi connectivity index (χ1) is 9.52. The van der Waals surface area contributed by atoms with Gasteiger partial charge in [-0.2, -0.15) is 0 Å². The van der Waals surface area contributed by atoms with Crippen LogP contribution in [0.2, 0.25) is 5.02 Å². The first kappa shape index (κ1) is 15.3. The van der Waals surface area contributed by atoms with Crippen LogP contribution in [0.15, 0.2) is 40.1 Å². The van der Waals surface area contributed by atoms with Gasteiger partial charge in [-0.1, -0.05) is 30.7 Å². The van der Waals surface area contributed by atoms with Gasteiger partial charge in [0.05, 0.1) is 10.1 Å². The van der Waals surface area contributed by atoms with Gasteiger partial charge >= 0.3 is 5.69 Å². The highest BCUT2D eigenvalue weighted by atomic mass is 127. The normalized spacial score (nSPS) is 10.8. The van der Waals surface area contributed by atoms with Gasteiger partial charge in [-0.05, 0) is 46.7 Å². The van der Waals surface area contributed by atoms with Crippen molar-refractivity contribution in [2.75, 3.05) is 0 Å². The summed E-state index contributed by atoms with van der Waals surface area (Å²) >= 11 is 7.80. The van der Waals surface area contributed by atoms with E-state index in [0.29, 0.717) is 15.1 Å². The molecule has 0 saturated carbocycles. The fraction of sp³-hybridized carbons (Fsp3) is 0.286. The van der Waals surface area contributed by atoms with Crippen molar-refractivity contribution in [3.8, 4) is 0 Å². The minimum Gasteiger partial charge on any atom is -0.299 e. The lowest BCUT2D eigenvalue weighted by Crippen LogP contribution is -2.41. The van der Waals surface area contributed by atoms with E-state index < -0.39 is 0 Å². The highest BCUT2D eigenvalue weighted by Crippen LogP contribution is 2.09. The fourth-order valence-electron chi connectivity index (χ4n) is 1.93. The summed E-state index contributed by atoms with van der Waals surface area (Å²) in [6.07, 6.45) is 2.46. The molecule has 0 aliphatic carbocycles. The van der Waals surface area contributed by atoms with Gasteiger partial charge in [-0.15, -0.1) is 0 Å². The third-order valence-corrected chi connectivity index (χ3v) is 3.91. The number of aromatic nitrogens is 2. The third-order valence-electron chi connectivity index (χ3n) is 2.91. The zero-order valence-electron chi connectivity index (χ0n) is 11.0. The Morgan fingerprint density at radius 1 is 1.20 bits per heavy atom. The number of aryl methyl sites for hydroxylation is 1. The third kappa shape index (κ3) is 3.32. The summed E-state index contributed by atoms with van der Waals surface area (Å²) in [5.74, 6) is 0. The molecule has 2 rings (SSSR count). The Morgan fingerprint density at radius 3 is 2.45 bits per heavy atom. The Labute approximate surface area is 135 Å². The predicted molar refractivity (Wildman–Crippen MR) is 88.5 cm³/mol. The van der Waals surface area contributed by atoms with Crippen LogP contribution in [0, 0.1) is 3.57 Å². The molecular weight excluding hydrogens is 391 g/mol. The first-order valence-corrected chi connectivity index (χ1v) is 7.73. The van der Waals surface area contributed by atoms with Gasteiger partial charge in [0.25, 0.3) is 5.56 Å². The zero-order chi connectivity index (χ0) is 14.7. The molecule has 0 radical (unpaired) electrons. The molecule has 0 saturated heterocycles. The van der Waals surface area contributed by atoms with Crippen molar-refractivity contribution in [3.05, 3.63) is 65.5 Å². The highest BCUT2D eigenvalue weighted by Gasteiger charge is 2.09. The Bertz CT molecular complexity index is 719. The van der Waals surface area contributed by atoms with Gasteiger partial charge in [0, 0.05) is 17.8 Å². The number of nitrogens with zero attached hydrogens (tertiary/aromatic N) is 2. The second-order valence-corrected chi connectivity index (χ2v) is 6.07. The van der Waals surface area contributed by atoms with Gasteiger partial charge in [0.1, 0.15) is 0 Å². The SMILES string of the molecule is CCCn1cc(I)c(=O)n(Cc2ccc(Cl)cc2)c1=O. The summed E-state index contributed by atoms with van der Waals surface area (Å²) in [5.41, 5.74) is 0.351. The van der Waals surface area contributed by atoms with Crippen LogP contribution in [0.1, 0.15) is 18.9 Å². The molecule has 0 unspecified atom stereocenters. The number of halogens is 2. The zero-order valence-corrected chi connectivity index (χ0v) is 13.9. The minimum absolute atomic E-state index is 0.252. The second kappa shape index (κ2) is 6.58. The first-order valence-electron chi connectivity index (χ1n) is 6.27. The molecule has 1 aromatic carbocycles. The Morgan fingerprint density at radius 2 is 1.85 bits per heavy atom. The monoisotopic (exact) mass is 404 g/mol. The molecule has 4 nitrogen and oxygen atoms in total. The molecule has 0 amide bonds. The fourth-order valence-corrected chi connectivity index (χ4v) is 2.68. The van der Waals surface area contributed by atoms with Crippen LogP contribution in [0.5, 0.6) is 0 Å². The van der Waals surface area contributed by atoms with E-state index in [9.17, 15) is 9.59 Å². The molecule has 2 aromatic rings. The molecule has 0 aliphatic heterocycles. The number of rotatable bonds is 4. The largest absolute Gasteiger partial charge is 0.331 e. The number of hydrogen-bond acceptors (Lipinski definition) is 2. The average Bonchev–Trinajstić information content (AvgIpc) is 2.43. The summed E-state index contributed by atoms with van der Waals surface area (Å²) in [5, 5.41) is 0.632. The van der Waals surface area contributed by atoms with Gasteiger partial charge in [-0.25, -0.2) is 4.79 Å². The molecule has 1 aromatic heterocycles. The Kier molecular flexibility index (Phi) is 5.04. The second-order valence-electron chi connectivity index (χ2n) is 4.47. The molecule has 0 bridgehead atoms. The summed E-state index contributed by atoms with van der Waals surface area (Å²) in [7, 11) is 0. The molecule has 0 N–H and O–H groups in total. The van der Waals surface area contributed by atoms with Crippen molar-refractivity contribution in [1.82, 2.24) is 9.13 Å². The molecule has 1 heterocycles. The lowest BCUT2D eigenvalue weighted by molar-refractivity contribution is 0.566. The van der Waals surface area contributed by atoms with E-state index >= 15 is 0 Å². The van der Waals surface area contributed by atoms with Crippen LogP contribution < -0.4 is 11.2 Å². The molecule has 0 aliphatic rings. The van der Waals surface area contributed by atoms with Crippen molar-refractivity contribution >= 4 is 34.2 Å². The van der Waals surface area contributed by atoms with Crippen molar-refractivity contribution in [1.29, 1.82) is 0 Å². The Balaban J connectivity index is 2.47. The van der Waals surface area contributed by atoms with E-state index in [4.69, 9.17) is 11.6 Å². The highest BCUT2D eigenvalue weighted by molar-refractivity contribution is 14.1. The molecule has 20 heavy (non-hydrogen) atoms.